The lowest BCUT2D eigenvalue weighted by molar-refractivity contribution is -0.142. The SMILES string of the molecule is CCOC(=O)Cc1csc2ncc(CC)n12. The van der Waals surface area contributed by atoms with Gasteiger partial charge in [0, 0.05) is 16.8 Å². The number of nitrogens with zero attached hydrogens (tertiary/aromatic N) is 2. The van der Waals surface area contributed by atoms with Gasteiger partial charge < -0.3 is 4.74 Å². The fourth-order valence-electron chi connectivity index (χ4n) is 1.66. The Labute approximate surface area is 97.9 Å². The van der Waals surface area contributed by atoms with Gasteiger partial charge in [-0.25, -0.2) is 4.98 Å². The highest BCUT2D eigenvalue weighted by atomic mass is 32.1. The average Bonchev–Trinajstić information content (AvgIpc) is 2.81. The molecule has 0 saturated carbocycles. The molecule has 4 nitrogen and oxygen atoms in total. The zero-order chi connectivity index (χ0) is 11.5. The lowest BCUT2D eigenvalue weighted by Crippen LogP contribution is -2.09. The Balaban J connectivity index is 2.29. The highest BCUT2D eigenvalue weighted by Crippen LogP contribution is 2.19. The third-order valence-electron chi connectivity index (χ3n) is 2.38. The van der Waals surface area contributed by atoms with Gasteiger partial charge in [0.25, 0.3) is 0 Å². The van der Waals surface area contributed by atoms with E-state index in [4.69, 9.17) is 4.74 Å². The normalized spacial score (nSPS) is 10.9. The van der Waals surface area contributed by atoms with Crippen LogP contribution >= 0.6 is 11.3 Å². The molecule has 16 heavy (non-hydrogen) atoms. The molecule has 0 bridgehead atoms. The van der Waals surface area contributed by atoms with Crippen LogP contribution in [0.5, 0.6) is 0 Å². The van der Waals surface area contributed by atoms with E-state index in [2.05, 4.69) is 11.9 Å². The van der Waals surface area contributed by atoms with Crippen molar-refractivity contribution in [3.63, 3.8) is 0 Å². The van der Waals surface area contributed by atoms with Gasteiger partial charge in [-0.15, -0.1) is 11.3 Å². The Morgan fingerprint density at radius 2 is 2.31 bits per heavy atom. The van der Waals surface area contributed by atoms with E-state index in [1.54, 1.807) is 11.3 Å². The number of ether oxygens (including phenoxy) is 1. The minimum absolute atomic E-state index is 0.182. The molecule has 0 aromatic carbocycles. The van der Waals surface area contributed by atoms with E-state index in [9.17, 15) is 4.79 Å². The Morgan fingerprint density at radius 1 is 1.50 bits per heavy atom. The molecular formula is C11H14N2O2S. The van der Waals surface area contributed by atoms with Crippen molar-refractivity contribution in [3.8, 4) is 0 Å². The maximum absolute atomic E-state index is 11.4. The summed E-state index contributed by atoms with van der Waals surface area (Å²) in [4.78, 5) is 16.7. The summed E-state index contributed by atoms with van der Waals surface area (Å²) in [5, 5.41) is 1.97. The summed E-state index contributed by atoms with van der Waals surface area (Å²) in [6.45, 7) is 4.32. The van der Waals surface area contributed by atoms with Crippen molar-refractivity contribution < 1.29 is 9.53 Å². The molecule has 0 spiro atoms. The highest BCUT2D eigenvalue weighted by molar-refractivity contribution is 7.15. The van der Waals surface area contributed by atoms with Crippen LogP contribution in [0.2, 0.25) is 0 Å². The van der Waals surface area contributed by atoms with Crippen molar-refractivity contribution in [2.75, 3.05) is 6.61 Å². The van der Waals surface area contributed by atoms with E-state index in [0.29, 0.717) is 13.0 Å². The van der Waals surface area contributed by atoms with Crippen LogP contribution in [0.3, 0.4) is 0 Å². The number of rotatable bonds is 4. The van der Waals surface area contributed by atoms with Crippen LogP contribution in [-0.2, 0) is 22.4 Å². The second-order valence-corrected chi connectivity index (χ2v) is 4.27. The van der Waals surface area contributed by atoms with Gasteiger partial charge >= 0.3 is 5.97 Å². The zero-order valence-electron chi connectivity index (χ0n) is 9.40. The third-order valence-corrected chi connectivity index (χ3v) is 3.27. The summed E-state index contributed by atoms with van der Waals surface area (Å²) in [6, 6.07) is 0. The number of aromatic nitrogens is 2. The lowest BCUT2D eigenvalue weighted by atomic mass is 10.3. The van der Waals surface area contributed by atoms with Crippen LogP contribution in [0.1, 0.15) is 25.2 Å². The first kappa shape index (κ1) is 11.1. The third kappa shape index (κ3) is 1.95. The lowest BCUT2D eigenvalue weighted by Gasteiger charge is -2.02. The van der Waals surface area contributed by atoms with Gasteiger partial charge in [-0.1, -0.05) is 6.92 Å². The molecule has 0 amide bonds. The van der Waals surface area contributed by atoms with Crippen LogP contribution in [0.4, 0.5) is 0 Å². The Hall–Kier alpha value is -1.36. The van der Waals surface area contributed by atoms with Crippen molar-refractivity contribution in [2.45, 2.75) is 26.7 Å². The summed E-state index contributed by atoms with van der Waals surface area (Å²) >= 11 is 1.55. The van der Waals surface area contributed by atoms with Crippen molar-refractivity contribution in [1.82, 2.24) is 9.38 Å². The van der Waals surface area contributed by atoms with E-state index in [0.717, 1.165) is 22.8 Å². The van der Waals surface area contributed by atoms with E-state index < -0.39 is 0 Å². The second kappa shape index (κ2) is 4.65. The molecule has 0 saturated heterocycles. The van der Waals surface area contributed by atoms with Crippen LogP contribution < -0.4 is 0 Å². The predicted octanol–water partition coefficient (Wildman–Crippen LogP) is 2.06. The first-order chi connectivity index (χ1) is 7.76. The predicted molar refractivity (Wildman–Crippen MR) is 62.8 cm³/mol. The van der Waals surface area contributed by atoms with Gasteiger partial charge in [-0.2, -0.15) is 0 Å². The van der Waals surface area contributed by atoms with Crippen LogP contribution in [0.15, 0.2) is 11.6 Å². The van der Waals surface area contributed by atoms with Crippen LogP contribution in [-0.4, -0.2) is 22.0 Å². The van der Waals surface area contributed by atoms with Crippen molar-refractivity contribution in [3.05, 3.63) is 23.0 Å². The Morgan fingerprint density at radius 3 is 3.00 bits per heavy atom. The summed E-state index contributed by atoms with van der Waals surface area (Å²) in [5.41, 5.74) is 2.10. The minimum Gasteiger partial charge on any atom is -0.466 e. The number of fused-ring (bicyclic) bond motifs is 1. The standard InChI is InChI=1S/C11H14N2O2S/c1-3-8-6-12-11-13(8)9(7-16-11)5-10(14)15-4-2/h6-7H,3-5H2,1-2H3. The molecule has 2 heterocycles. The van der Waals surface area contributed by atoms with E-state index in [1.165, 1.54) is 0 Å². The van der Waals surface area contributed by atoms with Crippen LogP contribution in [0, 0.1) is 0 Å². The number of hydrogen-bond donors (Lipinski definition) is 0. The van der Waals surface area contributed by atoms with Gasteiger partial charge in [0.05, 0.1) is 19.2 Å². The Bertz CT molecular complexity index is 501. The van der Waals surface area contributed by atoms with Gasteiger partial charge in [-0.3, -0.25) is 9.20 Å². The number of imidazole rings is 1. The molecular weight excluding hydrogens is 224 g/mol. The number of esters is 1. The van der Waals surface area contributed by atoms with Gasteiger partial charge in [0.2, 0.25) is 0 Å². The molecule has 0 unspecified atom stereocenters. The molecule has 0 atom stereocenters. The first-order valence-corrected chi connectivity index (χ1v) is 6.22. The summed E-state index contributed by atoms with van der Waals surface area (Å²) in [7, 11) is 0. The fraction of sp³-hybridized carbons (Fsp3) is 0.455. The van der Waals surface area contributed by atoms with Crippen molar-refractivity contribution in [2.24, 2.45) is 0 Å². The number of aryl methyl sites for hydroxylation is 1. The number of hydrogen-bond acceptors (Lipinski definition) is 4. The average molecular weight is 238 g/mol. The maximum Gasteiger partial charge on any atom is 0.311 e. The highest BCUT2D eigenvalue weighted by Gasteiger charge is 2.12. The quantitative estimate of drug-likeness (QED) is 0.766. The molecule has 0 aliphatic rings. The number of carbonyl (C=O) groups is 1. The first-order valence-electron chi connectivity index (χ1n) is 5.34. The molecule has 0 radical (unpaired) electrons. The summed E-state index contributed by atoms with van der Waals surface area (Å²) < 4.78 is 6.99. The monoisotopic (exact) mass is 238 g/mol. The van der Waals surface area contributed by atoms with Crippen molar-refractivity contribution in [1.29, 1.82) is 0 Å². The molecule has 0 N–H and O–H groups in total. The van der Waals surface area contributed by atoms with Gasteiger partial charge in [0.15, 0.2) is 4.96 Å². The van der Waals surface area contributed by atoms with Gasteiger partial charge in [0.1, 0.15) is 0 Å². The van der Waals surface area contributed by atoms with Crippen molar-refractivity contribution >= 4 is 22.3 Å². The molecule has 2 aromatic rings. The second-order valence-electron chi connectivity index (χ2n) is 3.43. The molecule has 86 valence electrons. The molecule has 2 aromatic heterocycles. The molecule has 0 aliphatic carbocycles. The van der Waals surface area contributed by atoms with E-state index >= 15 is 0 Å². The largest absolute Gasteiger partial charge is 0.466 e. The minimum atomic E-state index is -0.182. The van der Waals surface area contributed by atoms with Crippen LogP contribution in [0.25, 0.3) is 4.96 Å². The molecule has 0 aliphatic heterocycles. The Kier molecular flexibility index (Phi) is 3.24. The molecule has 2 rings (SSSR count). The smallest absolute Gasteiger partial charge is 0.311 e. The van der Waals surface area contributed by atoms with E-state index in [1.807, 2.05) is 22.9 Å². The zero-order valence-corrected chi connectivity index (χ0v) is 10.2. The molecule has 0 fully saturated rings. The summed E-state index contributed by atoms with van der Waals surface area (Å²) in [6.07, 6.45) is 3.09. The number of thiazole rings is 1. The maximum atomic E-state index is 11.4. The summed E-state index contributed by atoms with van der Waals surface area (Å²) in [5.74, 6) is -0.182. The van der Waals surface area contributed by atoms with Gasteiger partial charge in [-0.05, 0) is 13.3 Å². The topological polar surface area (TPSA) is 43.6 Å². The van der Waals surface area contributed by atoms with E-state index in [-0.39, 0.29) is 5.97 Å². The fourth-order valence-corrected chi connectivity index (χ4v) is 2.55. The molecule has 5 heteroatoms. The number of carbonyl (C=O) groups excluding carboxylic acids is 1.